The molecule has 14 heavy (non-hydrogen) atoms. The first-order valence-electron chi connectivity index (χ1n) is 3.97. The molecule has 1 aromatic rings. The molecule has 0 fully saturated rings. The molecule has 0 spiro atoms. The second-order valence-corrected chi connectivity index (χ2v) is 3.89. The van der Waals surface area contributed by atoms with Gasteiger partial charge in [0.05, 0.1) is 4.47 Å². The smallest absolute Gasteiger partial charge is 0.137 e. The third-order valence-electron chi connectivity index (χ3n) is 1.54. The Hall–Kier alpha value is -0.540. The quantitative estimate of drug-likeness (QED) is 0.809. The van der Waals surface area contributed by atoms with Crippen molar-refractivity contribution in [3.63, 3.8) is 0 Å². The molecule has 0 aliphatic heterocycles. The summed E-state index contributed by atoms with van der Waals surface area (Å²) in [4.78, 5) is 0. The minimum atomic E-state index is -0.304. The van der Waals surface area contributed by atoms with Gasteiger partial charge in [0.2, 0.25) is 0 Å². The molecule has 0 amide bonds. The van der Waals surface area contributed by atoms with Gasteiger partial charge in [0, 0.05) is 5.54 Å². The fraction of sp³-hybridized carbons (Fsp3) is 0.200. The Balaban J connectivity index is 2.64. The maximum atomic E-state index is 12.8. The average molecular weight is 280 g/mol. The number of halogens is 3. The molecule has 0 saturated carbocycles. The summed E-state index contributed by atoms with van der Waals surface area (Å²) >= 11 is 8.54. The fourth-order valence-corrected chi connectivity index (χ4v) is 1.22. The SMILES string of the molecule is C/C(=C/Cl)COc1ccc(F)c(Br)c1. The summed E-state index contributed by atoms with van der Waals surface area (Å²) < 4.78 is 18.6. The summed E-state index contributed by atoms with van der Waals surface area (Å²) in [7, 11) is 0. The largest absolute Gasteiger partial charge is 0.489 e. The normalized spacial score (nSPS) is 11.6. The predicted octanol–water partition coefficient (Wildman–Crippen LogP) is 4.11. The molecule has 0 aliphatic carbocycles. The van der Waals surface area contributed by atoms with Crippen molar-refractivity contribution in [3.05, 3.63) is 39.6 Å². The zero-order valence-corrected chi connectivity index (χ0v) is 9.90. The highest BCUT2D eigenvalue weighted by Gasteiger charge is 2.00. The van der Waals surface area contributed by atoms with Gasteiger partial charge in [0.15, 0.2) is 0 Å². The van der Waals surface area contributed by atoms with Gasteiger partial charge < -0.3 is 4.74 Å². The second kappa shape index (κ2) is 5.37. The Morgan fingerprint density at radius 2 is 2.36 bits per heavy atom. The summed E-state index contributed by atoms with van der Waals surface area (Å²) in [6, 6.07) is 4.50. The van der Waals surface area contributed by atoms with E-state index in [1.807, 2.05) is 6.92 Å². The Kier molecular flexibility index (Phi) is 4.42. The molecule has 4 heteroatoms. The molecular formula is C10H9BrClFO. The van der Waals surface area contributed by atoms with Crippen LogP contribution < -0.4 is 4.74 Å². The van der Waals surface area contributed by atoms with Crippen molar-refractivity contribution in [1.82, 2.24) is 0 Å². The third-order valence-corrected chi connectivity index (χ3v) is 2.52. The Morgan fingerprint density at radius 3 is 2.93 bits per heavy atom. The van der Waals surface area contributed by atoms with E-state index in [0.29, 0.717) is 16.8 Å². The van der Waals surface area contributed by atoms with Gasteiger partial charge in [-0.05, 0) is 46.6 Å². The van der Waals surface area contributed by atoms with Crippen LogP contribution in [0, 0.1) is 5.82 Å². The maximum absolute atomic E-state index is 12.8. The lowest BCUT2D eigenvalue weighted by Gasteiger charge is -2.06. The van der Waals surface area contributed by atoms with Crippen molar-refractivity contribution in [3.8, 4) is 5.75 Å². The van der Waals surface area contributed by atoms with Crippen LogP contribution in [0.4, 0.5) is 4.39 Å². The minimum absolute atomic E-state index is 0.304. The van der Waals surface area contributed by atoms with Crippen LogP contribution in [0.5, 0.6) is 5.75 Å². The van der Waals surface area contributed by atoms with E-state index in [1.54, 1.807) is 12.1 Å². The van der Waals surface area contributed by atoms with Crippen molar-refractivity contribution in [2.24, 2.45) is 0 Å². The second-order valence-electron chi connectivity index (χ2n) is 2.82. The van der Waals surface area contributed by atoms with Crippen LogP contribution in [0.3, 0.4) is 0 Å². The molecule has 0 radical (unpaired) electrons. The molecule has 0 atom stereocenters. The third kappa shape index (κ3) is 3.31. The van der Waals surface area contributed by atoms with Gasteiger partial charge in [-0.3, -0.25) is 0 Å². The van der Waals surface area contributed by atoms with Crippen LogP contribution in [0.2, 0.25) is 0 Å². The summed E-state index contributed by atoms with van der Waals surface area (Å²) in [6.07, 6.45) is 0. The van der Waals surface area contributed by atoms with E-state index in [9.17, 15) is 4.39 Å². The Morgan fingerprint density at radius 1 is 1.64 bits per heavy atom. The predicted molar refractivity (Wildman–Crippen MR) is 59.2 cm³/mol. The number of ether oxygens (including phenoxy) is 1. The lowest BCUT2D eigenvalue weighted by Crippen LogP contribution is -1.98. The highest BCUT2D eigenvalue weighted by Crippen LogP contribution is 2.21. The van der Waals surface area contributed by atoms with Crippen LogP contribution in [-0.2, 0) is 0 Å². The molecule has 1 rings (SSSR count). The number of hydrogen-bond donors (Lipinski definition) is 0. The molecule has 0 bridgehead atoms. The summed E-state index contributed by atoms with van der Waals surface area (Å²) in [6.45, 7) is 2.26. The van der Waals surface area contributed by atoms with Gasteiger partial charge in [-0.1, -0.05) is 11.6 Å². The van der Waals surface area contributed by atoms with Crippen molar-refractivity contribution < 1.29 is 9.13 Å². The highest BCUT2D eigenvalue weighted by atomic mass is 79.9. The van der Waals surface area contributed by atoms with Gasteiger partial charge in [-0.2, -0.15) is 0 Å². The standard InChI is InChI=1S/C10H9BrClFO/c1-7(5-12)6-14-8-2-3-10(13)9(11)4-8/h2-5H,6H2,1H3/b7-5-. The zero-order valence-electron chi connectivity index (χ0n) is 7.56. The molecule has 0 heterocycles. The van der Waals surface area contributed by atoms with Crippen LogP contribution in [0.15, 0.2) is 33.8 Å². The molecule has 1 aromatic carbocycles. The molecule has 0 saturated heterocycles. The van der Waals surface area contributed by atoms with E-state index in [4.69, 9.17) is 16.3 Å². The zero-order chi connectivity index (χ0) is 10.6. The van der Waals surface area contributed by atoms with Crippen molar-refractivity contribution in [2.75, 3.05) is 6.61 Å². The van der Waals surface area contributed by atoms with Crippen molar-refractivity contribution in [2.45, 2.75) is 6.92 Å². The Bertz CT molecular complexity index is 352. The Labute approximate surface area is 95.7 Å². The van der Waals surface area contributed by atoms with Crippen molar-refractivity contribution >= 4 is 27.5 Å². The van der Waals surface area contributed by atoms with Crippen LogP contribution >= 0.6 is 27.5 Å². The lowest BCUT2D eigenvalue weighted by atomic mass is 10.3. The lowest BCUT2D eigenvalue weighted by molar-refractivity contribution is 0.351. The van der Waals surface area contributed by atoms with E-state index in [2.05, 4.69) is 15.9 Å². The van der Waals surface area contributed by atoms with E-state index < -0.39 is 0 Å². The molecule has 0 aliphatic rings. The minimum Gasteiger partial charge on any atom is -0.489 e. The first-order chi connectivity index (χ1) is 6.63. The van der Waals surface area contributed by atoms with Gasteiger partial charge in [0.25, 0.3) is 0 Å². The first-order valence-corrected chi connectivity index (χ1v) is 5.20. The fourth-order valence-electron chi connectivity index (χ4n) is 0.795. The number of benzene rings is 1. The summed E-state index contributed by atoms with van der Waals surface area (Å²) in [5, 5.41) is 0. The molecular weight excluding hydrogens is 270 g/mol. The number of hydrogen-bond acceptors (Lipinski definition) is 1. The van der Waals surface area contributed by atoms with Gasteiger partial charge in [0.1, 0.15) is 18.2 Å². The molecule has 76 valence electrons. The maximum Gasteiger partial charge on any atom is 0.137 e. The summed E-state index contributed by atoms with van der Waals surface area (Å²) in [5.74, 6) is 0.304. The van der Waals surface area contributed by atoms with E-state index in [-0.39, 0.29) is 5.82 Å². The molecule has 1 nitrogen and oxygen atoms in total. The highest BCUT2D eigenvalue weighted by molar-refractivity contribution is 9.10. The van der Waals surface area contributed by atoms with E-state index in [1.165, 1.54) is 11.6 Å². The summed E-state index contributed by atoms with van der Waals surface area (Å²) in [5.41, 5.74) is 2.37. The molecule has 0 unspecified atom stereocenters. The number of rotatable bonds is 3. The van der Waals surface area contributed by atoms with E-state index >= 15 is 0 Å². The molecule has 0 N–H and O–H groups in total. The monoisotopic (exact) mass is 278 g/mol. The van der Waals surface area contributed by atoms with Crippen LogP contribution in [0.25, 0.3) is 0 Å². The van der Waals surface area contributed by atoms with Gasteiger partial charge in [-0.25, -0.2) is 4.39 Å². The van der Waals surface area contributed by atoms with Crippen LogP contribution in [-0.4, -0.2) is 6.61 Å². The van der Waals surface area contributed by atoms with E-state index in [0.717, 1.165) is 5.57 Å². The van der Waals surface area contributed by atoms with Gasteiger partial charge in [-0.15, -0.1) is 0 Å². The van der Waals surface area contributed by atoms with Crippen LogP contribution in [0.1, 0.15) is 6.92 Å². The topological polar surface area (TPSA) is 9.23 Å². The molecule has 0 aromatic heterocycles. The van der Waals surface area contributed by atoms with Crippen molar-refractivity contribution in [1.29, 1.82) is 0 Å². The first kappa shape index (κ1) is 11.5. The average Bonchev–Trinajstić information content (AvgIpc) is 2.19. The van der Waals surface area contributed by atoms with Gasteiger partial charge >= 0.3 is 0 Å².